The number of ether oxygens (including phenoxy) is 1. The molecule has 0 atom stereocenters. The molecule has 0 spiro atoms. The summed E-state index contributed by atoms with van der Waals surface area (Å²) >= 11 is 0. The van der Waals surface area contributed by atoms with Crippen LogP contribution in [0.3, 0.4) is 0 Å². The number of benzene rings is 2. The number of carbonyl (C=O) groups is 1. The molecule has 1 fully saturated rings. The average molecular weight is 500 g/mol. The normalized spacial score (nSPS) is 13.8. The Morgan fingerprint density at radius 3 is 2.65 bits per heavy atom. The van der Waals surface area contributed by atoms with E-state index in [1.54, 1.807) is 18.5 Å². The van der Waals surface area contributed by atoms with Crippen LogP contribution < -0.4 is 15.8 Å². The molecule has 3 N–H and O–H groups in total. The van der Waals surface area contributed by atoms with E-state index < -0.39 is 0 Å². The number of rotatable bonds is 9. The summed E-state index contributed by atoms with van der Waals surface area (Å²) in [5, 5.41) is 3.36. The molecule has 2 aromatic carbocycles. The molecule has 7 nitrogen and oxygen atoms in total. The SMILES string of the molecule is C=C(NC(=Nc1ccccc1C=O)c1cc(OCCN2CCCCC2)ccc1C)c1cccnc1.CN. The highest BCUT2D eigenvalue weighted by atomic mass is 16.5. The van der Waals surface area contributed by atoms with Crippen LogP contribution >= 0.6 is 0 Å². The number of hydrogen-bond acceptors (Lipinski definition) is 6. The summed E-state index contributed by atoms with van der Waals surface area (Å²) in [4.78, 5) is 23.1. The number of nitrogens with two attached hydrogens (primary N) is 1. The number of piperidine rings is 1. The molecule has 0 unspecified atom stereocenters. The van der Waals surface area contributed by atoms with Crippen molar-refractivity contribution < 1.29 is 9.53 Å². The molecule has 1 aliphatic heterocycles. The van der Waals surface area contributed by atoms with Gasteiger partial charge in [0.05, 0.1) is 5.69 Å². The number of aromatic nitrogens is 1. The number of nitrogens with zero attached hydrogens (tertiary/aromatic N) is 3. The van der Waals surface area contributed by atoms with Gasteiger partial charge in [-0.15, -0.1) is 0 Å². The lowest BCUT2D eigenvalue weighted by Crippen LogP contribution is -2.33. The van der Waals surface area contributed by atoms with Gasteiger partial charge in [0.1, 0.15) is 18.2 Å². The van der Waals surface area contributed by atoms with Crippen LogP contribution in [0.25, 0.3) is 5.70 Å². The van der Waals surface area contributed by atoms with E-state index in [9.17, 15) is 4.79 Å². The monoisotopic (exact) mass is 499 g/mol. The molecule has 1 aliphatic rings. The van der Waals surface area contributed by atoms with Gasteiger partial charge < -0.3 is 15.8 Å². The molecule has 0 aliphatic carbocycles. The van der Waals surface area contributed by atoms with Crippen molar-refractivity contribution in [3.8, 4) is 5.75 Å². The largest absolute Gasteiger partial charge is 0.492 e. The number of nitrogens with one attached hydrogen (secondary N) is 1. The second-order valence-electron chi connectivity index (χ2n) is 8.71. The van der Waals surface area contributed by atoms with Gasteiger partial charge in [-0.3, -0.25) is 14.7 Å². The van der Waals surface area contributed by atoms with E-state index >= 15 is 0 Å². The van der Waals surface area contributed by atoms with Crippen molar-refractivity contribution >= 4 is 23.5 Å². The summed E-state index contributed by atoms with van der Waals surface area (Å²) in [6.45, 7) is 10.1. The molecule has 37 heavy (non-hydrogen) atoms. The van der Waals surface area contributed by atoms with Crippen molar-refractivity contribution in [1.29, 1.82) is 0 Å². The van der Waals surface area contributed by atoms with E-state index in [1.807, 2.05) is 55.5 Å². The van der Waals surface area contributed by atoms with Crippen molar-refractivity contribution in [3.63, 3.8) is 0 Å². The molecule has 0 bridgehead atoms. The molecule has 0 radical (unpaired) electrons. The van der Waals surface area contributed by atoms with Crippen LogP contribution in [0.15, 0.2) is 78.6 Å². The molecule has 7 heteroatoms. The van der Waals surface area contributed by atoms with Gasteiger partial charge in [0.15, 0.2) is 6.29 Å². The average Bonchev–Trinajstić information content (AvgIpc) is 2.96. The van der Waals surface area contributed by atoms with Crippen LogP contribution in [0.2, 0.25) is 0 Å². The molecule has 4 rings (SSSR count). The minimum atomic E-state index is 0.519. The molecule has 194 valence electrons. The summed E-state index contributed by atoms with van der Waals surface area (Å²) < 4.78 is 6.13. The Balaban J connectivity index is 0.00000186. The Hall–Kier alpha value is -3.81. The number of hydrogen-bond donors (Lipinski definition) is 2. The van der Waals surface area contributed by atoms with Crippen molar-refractivity contribution in [1.82, 2.24) is 15.2 Å². The Morgan fingerprint density at radius 1 is 1.14 bits per heavy atom. The lowest BCUT2D eigenvalue weighted by atomic mass is 10.1. The van der Waals surface area contributed by atoms with E-state index in [4.69, 9.17) is 9.73 Å². The molecule has 0 amide bonds. The third kappa shape index (κ3) is 8.10. The molecular weight excluding hydrogens is 462 g/mol. The Kier molecular flexibility index (Phi) is 11.0. The van der Waals surface area contributed by atoms with Gasteiger partial charge in [0.25, 0.3) is 0 Å². The summed E-state index contributed by atoms with van der Waals surface area (Å²) in [5.41, 5.74) is 9.03. The Morgan fingerprint density at radius 2 is 1.92 bits per heavy atom. The first-order valence-electron chi connectivity index (χ1n) is 12.7. The van der Waals surface area contributed by atoms with E-state index in [-0.39, 0.29) is 0 Å². The second kappa shape index (κ2) is 14.7. The Labute approximate surface area is 220 Å². The van der Waals surface area contributed by atoms with Gasteiger partial charge in [0, 0.05) is 41.3 Å². The second-order valence-corrected chi connectivity index (χ2v) is 8.71. The predicted molar refractivity (Wildman–Crippen MR) is 152 cm³/mol. The van der Waals surface area contributed by atoms with E-state index in [2.05, 4.69) is 27.5 Å². The maximum absolute atomic E-state index is 11.6. The number of aliphatic imine (C=N–C) groups is 1. The standard InChI is InChI=1S/C29H32N4O2.CH5N/c1-22-12-13-26(35-18-17-33-15-6-3-7-16-33)19-27(22)29(31-23(2)24-10-8-14-30-20-24)32-28-11-5-4-9-25(28)21-34;1-2/h4-5,8-14,19-21H,2-3,6-7,15-18H2,1H3,(H,31,32);2H2,1H3. The number of amidine groups is 1. The van der Waals surface area contributed by atoms with Crippen LogP contribution in [0.4, 0.5) is 5.69 Å². The molecule has 0 saturated carbocycles. The first-order chi connectivity index (χ1) is 18.1. The number of aryl methyl sites for hydroxylation is 1. The predicted octanol–water partition coefficient (Wildman–Crippen LogP) is 4.98. The molecule has 1 saturated heterocycles. The van der Waals surface area contributed by atoms with Crippen LogP contribution in [0, 0.1) is 6.92 Å². The zero-order chi connectivity index (χ0) is 26.5. The third-order valence-electron chi connectivity index (χ3n) is 6.16. The zero-order valence-corrected chi connectivity index (χ0v) is 21.8. The van der Waals surface area contributed by atoms with E-state index in [0.29, 0.717) is 29.4 Å². The molecule has 3 aromatic rings. The van der Waals surface area contributed by atoms with Crippen LogP contribution in [0.1, 0.15) is 46.3 Å². The number of pyridine rings is 1. The minimum Gasteiger partial charge on any atom is -0.492 e. The lowest BCUT2D eigenvalue weighted by Gasteiger charge is -2.26. The first-order valence-corrected chi connectivity index (χ1v) is 12.7. The molecule has 2 heterocycles. The van der Waals surface area contributed by atoms with Crippen molar-refractivity contribution in [3.05, 3.63) is 95.8 Å². The van der Waals surface area contributed by atoms with Gasteiger partial charge in [-0.25, -0.2) is 4.99 Å². The lowest BCUT2D eigenvalue weighted by molar-refractivity contribution is 0.112. The zero-order valence-electron chi connectivity index (χ0n) is 21.8. The third-order valence-corrected chi connectivity index (χ3v) is 6.16. The van der Waals surface area contributed by atoms with Crippen molar-refractivity contribution in [2.24, 2.45) is 10.7 Å². The highest BCUT2D eigenvalue weighted by molar-refractivity contribution is 6.06. The fraction of sp³-hybridized carbons (Fsp3) is 0.300. The smallest absolute Gasteiger partial charge is 0.152 e. The molecule has 1 aromatic heterocycles. The van der Waals surface area contributed by atoms with E-state index in [1.165, 1.54) is 26.3 Å². The summed E-state index contributed by atoms with van der Waals surface area (Å²) in [6.07, 6.45) is 8.15. The molecular formula is C30H37N5O2. The fourth-order valence-corrected chi connectivity index (χ4v) is 4.14. The topological polar surface area (TPSA) is 92.8 Å². The van der Waals surface area contributed by atoms with Gasteiger partial charge in [-0.2, -0.15) is 0 Å². The number of para-hydroxylation sites is 1. The first kappa shape index (κ1) is 27.8. The quantitative estimate of drug-likeness (QED) is 0.245. The summed E-state index contributed by atoms with van der Waals surface area (Å²) in [7, 11) is 1.50. The summed E-state index contributed by atoms with van der Waals surface area (Å²) in [5.74, 6) is 1.37. The van der Waals surface area contributed by atoms with Crippen molar-refractivity contribution in [2.45, 2.75) is 26.2 Å². The van der Waals surface area contributed by atoms with Gasteiger partial charge in [0.2, 0.25) is 0 Å². The van der Waals surface area contributed by atoms with E-state index in [0.717, 1.165) is 48.4 Å². The fourth-order valence-electron chi connectivity index (χ4n) is 4.14. The van der Waals surface area contributed by atoms with Gasteiger partial charge in [-0.05, 0) is 81.9 Å². The number of likely N-dealkylation sites (tertiary alicyclic amines) is 1. The maximum Gasteiger partial charge on any atom is 0.152 e. The number of carbonyl (C=O) groups excluding carboxylic acids is 1. The highest BCUT2D eigenvalue weighted by Gasteiger charge is 2.14. The van der Waals surface area contributed by atoms with Gasteiger partial charge >= 0.3 is 0 Å². The van der Waals surface area contributed by atoms with Crippen molar-refractivity contribution in [2.75, 3.05) is 33.3 Å². The van der Waals surface area contributed by atoms with Crippen LogP contribution in [0.5, 0.6) is 5.75 Å². The highest BCUT2D eigenvalue weighted by Crippen LogP contribution is 2.23. The van der Waals surface area contributed by atoms with Crippen LogP contribution in [-0.4, -0.2) is 55.3 Å². The van der Waals surface area contributed by atoms with Crippen LogP contribution in [-0.2, 0) is 0 Å². The number of aldehydes is 1. The summed E-state index contributed by atoms with van der Waals surface area (Å²) in [6, 6.07) is 17.1. The maximum atomic E-state index is 11.6. The Bertz CT molecular complexity index is 1190. The minimum absolute atomic E-state index is 0.519. The van der Waals surface area contributed by atoms with Gasteiger partial charge in [-0.1, -0.05) is 31.2 Å².